The van der Waals surface area contributed by atoms with E-state index in [9.17, 15) is 0 Å². The van der Waals surface area contributed by atoms with E-state index < -0.39 is 0 Å². The van der Waals surface area contributed by atoms with Gasteiger partial charge in [0.1, 0.15) is 5.82 Å². The molecule has 0 unspecified atom stereocenters. The Balaban J connectivity index is 2.32. The first-order valence-electron chi connectivity index (χ1n) is 4.61. The summed E-state index contributed by atoms with van der Waals surface area (Å²) in [5, 5.41) is 5.19. The van der Waals surface area contributed by atoms with Crippen molar-refractivity contribution < 1.29 is 0 Å². The molecule has 3 nitrogen and oxygen atoms in total. The van der Waals surface area contributed by atoms with Crippen LogP contribution >= 0.6 is 27.3 Å². The zero-order valence-electron chi connectivity index (χ0n) is 8.20. The molecule has 0 aliphatic rings. The van der Waals surface area contributed by atoms with E-state index >= 15 is 0 Å². The van der Waals surface area contributed by atoms with Crippen LogP contribution in [0.5, 0.6) is 0 Å². The minimum Gasteiger partial charge on any atom is -0.370 e. The van der Waals surface area contributed by atoms with Gasteiger partial charge in [-0.1, -0.05) is 0 Å². The lowest BCUT2D eigenvalue weighted by molar-refractivity contribution is 1.12. The summed E-state index contributed by atoms with van der Waals surface area (Å²) in [5.74, 6) is 1.64. The first kappa shape index (κ1) is 10.6. The normalized spacial score (nSPS) is 10.3. The first-order chi connectivity index (χ1) is 7.29. The van der Waals surface area contributed by atoms with Crippen LogP contribution in [0.4, 0.5) is 5.82 Å². The number of nitrogens with zero attached hydrogens (tertiary/aromatic N) is 2. The quantitative estimate of drug-likeness (QED) is 0.938. The Labute approximate surface area is 101 Å². The molecule has 0 amide bonds. The Hall–Kier alpha value is -0.940. The zero-order valence-corrected chi connectivity index (χ0v) is 10.6. The highest BCUT2D eigenvalue weighted by atomic mass is 79.9. The minimum absolute atomic E-state index is 0.768. The molecule has 0 saturated heterocycles. The summed E-state index contributed by atoms with van der Waals surface area (Å²) in [7, 11) is 0. The number of halogens is 1. The van der Waals surface area contributed by atoms with Crippen LogP contribution in [-0.4, -0.2) is 16.5 Å². The molecular weight excluding hydrogens is 274 g/mol. The van der Waals surface area contributed by atoms with Crippen molar-refractivity contribution in [1.29, 1.82) is 0 Å². The van der Waals surface area contributed by atoms with Gasteiger partial charge in [0, 0.05) is 22.6 Å². The van der Waals surface area contributed by atoms with Crippen molar-refractivity contribution in [3.8, 4) is 10.7 Å². The number of hydrogen-bond donors (Lipinski definition) is 1. The van der Waals surface area contributed by atoms with E-state index in [0.717, 1.165) is 27.5 Å². The summed E-state index contributed by atoms with van der Waals surface area (Å²) in [6.45, 7) is 2.91. The van der Waals surface area contributed by atoms with Gasteiger partial charge in [0.15, 0.2) is 5.82 Å². The largest absolute Gasteiger partial charge is 0.370 e. The van der Waals surface area contributed by atoms with Crippen molar-refractivity contribution in [2.75, 3.05) is 11.9 Å². The van der Waals surface area contributed by atoms with Crippen molar-refractivity contribution in [3.63, 3.8) is 0 Å². The van der Waals surface area contributed by atoms with Crippen LogP contribution in [0, 0.1) is 0 Å². The van der Waals surface area contributed by atoms with Crippen LogP contribution in [0.15, 0.2) is 28.2 Å². The number of hydrogen-bond acceptors (Lipinski definition) is 4. The van der Waals surface area contributed by atoms with Crippen molar-refractivity contribution in [1.82, 2.24) is 9.97 Å². The number of anilines is 1. The van der Waals surface area contributed by atoms with Gasteiger partial charge in [-0.3, -0.25) is 0 Å². The molecule has 2 heterocycles. The van der Waals surface area contributed by atoms with Crippen LogP contribution in [0.25, 0.3) is 10.7 Å². The molecule has 0 aromatic carbocycles. The van der Waals surface area contributed by atoms with E-state index in [2.05, 4.69) is 31.2 Å². The molecule has 0 bridgehead atoms. The average molecular weight is 284 g/mol. The van der Waals surface area contributed by atoms with Crippen LogP contribution in [0.2, 0.25) is 0 Å². The minimum atomic E-state index is 0.768. The molecule has 5 heteroatoms. The standard InChI is InChI=1S/C10H10BrN3S/c1-2-12-9-3-4-13-10(14-9)8-5-7(11)6-15-8/h3-6H,2H2,1H3,(H,12,13,14). The van der Waals surface area contributed by atoms with Crippen molar-refractivity contribution >= 4 is 33.1 Å². The zero-order chi connectivity index (χ0) is 10.7. The molecule has 0 fully saturated rings. The predicted molar refractivity (Wildman–Crippen MR) is 67.2 cm³/mol. The smallest absolute Gasteiger partial charge is 0.171 e. The van der Waals surface area contributed by atoms with Gasteiger partial charge in [0.25, 0.3) is 0 Å². The highest BCUT2D eigenvalue weighted by molar-refractivity contribution is 9.10. The molecule has 2 aromatic heterocycles. The summed E-state index contributed by atoms with van der Waals surface area (Å²) in [6, 6.07) is 3.89. The number of aromatic nitrogens is 2. The van der Waals surface area contributed by atoms with Crippen LogP contribution in [0.3, 0.4) is 0 Å². The highest BCUT2D eigenvalue weighted by Gasteiger charge is 2.04. The van der Waals surface area contributed by atoms with Crippen molar-refractivity contribution in [2.24, 2.45) is 0 Å². The van der Waals surface area contributed by atoms with Gasteiger partial charge >= 0.3 is 0 Å². The van der Waals surface area contributed by atoms with Crippen LogP contribution in [-0.2, 0) is 0 Å². The lowest BCUT2D eigenvalue weighted by atomic mass is 10.4. The molecule has 1 N–H and O–H groups in total. The first-order valence-corrected chi connectivity index (χ1v) is 6.28. The molecule has 78 valence electrons. The topological polar surface area (TPSA) is 37.8 Å². The van der Waals surface area contributed by atoms with E-state index in [1.807, 2.05) is 24.4 Å². The monoisotopic (exact) mass is 283 g/mol. The van der Waals surface area contributed by atoms with E-state index in [4.69, 9.17) is 0 Å². The van der Waals surface area contributed by atoms with Crippen molar-refractivity contribution in [2.45, 2.75) is 6.92 Å². The third kappa shape index (κ3) is 2.54. The van der Waals surface area contributed by atoms with E-state index in [0.29, 0.717) is 0 Å². The second-order valence-electron chi connectivity index (χ2n) is 2.92. The second kappa shape index (κ2) is 4.72. The molecule has 2 aromatic rings. The molecule has 0 saturated carbocycles. The number of rotatable bonds is 3. The molecule has 15 heavy (non-hydrogen) atoms. The summed E-state index contributed by atoms with van der Waals surface area (Å²) in [5.41, 5.74) is 0. The lowest BCUT2D eigenvalue weighted by Gasteiger charge is -2.02. The maximum Gasteiger partial charge on any atom is 0.171 e. The third-order valence-electron chi connectivity index (χ3n) is 1.80. The van der Waals surface area contributed by atoms with E-state index in [-0.39, 0.29) is 0 Å². The predicted octanol–water partition coefficient (Wildman–Crippen LogP) is 3.40. The molecule has 2 rings (SSSR count). The van der Waals surface area contributed by atoms with Gasteiger partial charge < -0.3 is 5.32 Å². The Kier molecular flexibility index (Phi) is 3.33. The molecule has 0 aliphatic carbocycles. The van der Waals surface area contributed by atoms with Gasteiger partial charge in [0.2, 0.25) is 0 Å². The molecule has 0 aliphatic heterocycles. The molecule has 0 spiro atoms. The van der Waals surface area contributed by atoms with Gasteiger partial charge in [0.05, 0.1) is 4.88 Å². The molecule has 0 atom stereocenters. The Morgan fingerprint density at radius 2 is 2.40 bits per heavy atom. The fraction of sp³-hybridized carbons (Fsp3) is 0.200. The summed E-state index contributed by atoms with van der Waals surface area (Å²) < 4.78 is 1.07. The van der Waals surface area contributed by atoms with Gasteiger partial charge in [-0.05, 0) is 35.0 Å². The Bertz CT molecular complexity index is 455. The van der Waals surface area contributed by atoms with Gasteiger partial charge in [-0.2, -0.15) is 0 Å². The second-order valence-corrected chi connectivity index (χ2v) is 4.75. The lowest BCUT2D eigenvalue weighted by Crippen LogP contribution is -2.00. The highest BCUT2D eigenvalue weighted by Crippen LogP contribution is 2.27. The van der Waals surface area contributed by atoms with E-state index in [1.54, 1.807) is 17.5 Å². The fourth-order valence-electron chi connectivity index (χ4n) is 1.19. The number of thiophene rings is 1. The maximum absolute atomic E-state index is 4.41. The summed E-state index contributed by atoms with van der Waals surface area (Å²) >= 11 is 5.05. The SMILES string of the molecule is CCNc1ccnc(-c2cc(Br)cs2)n1. The van der Waals surface area contributed by atoms with Gasteiger partial charge in [-0.15, -0.1) is 11.3 Å². The number of nitrogens with one attached hydrogen (secondary N) is 1. The molecule has 0 radical (unpaired) electrons. The fourth-order valence-corrected chi connectivity index (χ4v) is 2.55. The Morgan fingerprint density at radius 1 is 1.53 bits per heavy atom. The maximum atomic E-state index is 4.41. The van der Waals surface area contributed by atoms with Gasteiger partial charge in [-0.25, -0.2) is 9.97 Å². The molecular formula is C10H10BrN3S. The van der Waals surface area contributed by atoms with Crippen LogP contribution < -0.4 is 5.32 Å². The van der Waals surface area contributed by atoms with E-state index in [1.165, 1.54) is 0 Å². The summed E-state index contributed by atoms with van der Waals surface area (Å²) in [4.78, 5) is 9.73. The third-order valence-corrected chi connectivity index (χ3v) is 3.49. The summed E-state index contributed by atoms with van der Waals surface area (Å²) in [6.07, 6.45) is 1.77. The Morgan fingerprint density at radius 3 is 3.07 bits per heavy atom. The van der Waals surface area contributed by atoms with Crippen molar-refractivity contribution in [3.05, 3.63) is 28.2 Å². The average Bonchev–Trinajstić information content (AvgIpc) is 2.66. The van der Waals surface area contributed by atoms with Crippen LogP contribution in [0.1, 0.15) is 6.92 Å².